The summed E-state index contributed by atoms with van der Waals surface area (Å²) in [5.74, 6) is -0.496. The summed E-state index contributed by atoms with van der Waals surface area (Å²) in [7, 11) is 4.41. The SMILES string of the molecule is C=C(CCCCCN1C(=O)C=CC1O)N[C@H](C(=O)C[C@@H](C)C(=O)Nc1ccc(C2=CN3C(=O)c4cc(OC)c(OCCCOc5cc6c(cc5OC)C(=O)N5C=C(c7ccc(OC)c(F)c7)C[C@H]5C=N6)cc4N=C[C@@H]3C2)cc1)C(C)C. The van der Waals surface area contributed by atoms with Crippen molar-refractivity contribution in [1.82, 2.24) is 20.0 Å². The van der Waals surface area contributed by atoms with Crippen LogP contribution < -0.4 is 34.3 Å². The number of Topliss-reactive ketones (excluding diaryl/α,β-unsaturated/α-hetero) is 1. The molecule has 18 nitrogen and oxygen atoms in total. The summed E-state index contributed by atoms with van der Waals surface area (Å²) < 4.78 is 43.2. The predicted octanol–water partition coefficient (Wildman–Crippen LogP) is 9.58. The third-order valence-corrected chi connectivity index (χ3v) is 15.0. The van der Waals surface area contributed by atoms with Crippen LogP contribution in [0.3, 0.4) is 0 Å². The Hall–Kier alpha value is -8.58. The highest BCUT2D eigenvalue weighted by molar-refractivity contribution is 6.07. The molecule has 1 unspecified atom stereocenters. The van der Waals surface area contributed by atoms with E-state index in [0.29, 0.717) is 89.0 Å². The smallest absolute Gasteiger partial charge is 0.260 e. The van der Waals surface area contributed by atoms with Crippen molar-refractivity contribution in [2.45, 2.75) is 96.5 Å². The fourth-order valence-electron chi connectivity index (χ4n) is 10.4. The van der Waals surface area contributed by atoms with Gasteiger partial charge in [-0.05, 0) is 89.9 Å². The van der Waals surface area contributed by atoms with Gasteiger partial charge in [0.1, 0.15) is 6.23 Å². The molecule has 0 aromatic heterocycles. The van der Waals surface area contributed by atoms with E-state index in [2.05, 4.69) is 22.2 Å². The molecular weight excluding hydrogens is 1040 g/mol. The summed E-state index contributed by atoms with van der Waals surface area (Å²) in [5, 5.41) is 16.1. The number of amides is 4. The van der Waals surface area contributed by atoms with Gasteiger partial charge in [-0.15, -0.1) is 0 Å². The number of carbonyl (C=O) groups excluding carboxylic acids is 5. The number of aliphatic imine (C=N–C) groups is 2. The Morgan fingerprint density at radius 2 is 1.30 bits per heavy atom. The molecule has 19 heteroatoms. The fraction of sp³-hybridized carbons (Fsp3) is 0.371. The van der Waals surface area contributed by atoms with Crippen LogP contribution in [-0.4, -0.2) is 127 Å². The molecule has 4 amide bonds. The van der Waals surface area contributed by atoms with Crippen molar-refractivity contribution < 1.29 is 57.2 Å². The Kier molecular flexibility index (Phi) is 17.8. The number of anilines is 1. The molecule has 0 radical (unpaired) electrons. The maximum Gasteiger partial charge on any atom is 0.260 e. The van der Waals surface area contributed by atoms with Crippen LogP contribution in [0.15, 0.2) is 114 Å². The molecule has 5 heterocycles. The van der Waals surface area contributed by atoms with Crippen LogP contribution in [0.25, 0.3) is 11.1 Å². The third-order valence-electron chi connectivity index (χ3n) is 15.0. The minimum atomic E-state index is -0.865. The third kappa shape index (κ3) is 12.9. The van der Waals surface area contributed by atoms with Crippen LogP contribution in [0.5, 0.6) is 28.7 Å². The van der Waals surface area contributed by atoms with Crippen molar-refractivity contribution >= 4 is 70.0 Å². The summed E-state index contributed by atoms with van der Waals surface area (Å²) >= 11 is 0. The van der Waals surface area contributed by atoms with Crippen molar-refractivity contribution in [3.8, 4) is 28.7 Å². The first-order valence-corrected chi connectivity index (χ1v) is 27.3. The highest BCUT2D eigenvalue weighted by Crippen LogP contribution is 2.42. The minimum absolute atomic E-state index is 0.0328. The van der Waals surface area contributed by atoms with E-state index < -0.39 is 24.0 Å². The summed E-state index contributed by atoms with van der Waals surface area (Å²) in [5.41, 5.74) is 6.13. The number of hydrogen-bond acceptors (Lipinski definition) is 14. The van der Waals surface area contributed by atoms with Gasteiger partial charge in [-0.2, -0.15) is 0 Å². The molecule has 424 valence electrons. The molecule has 9 rings (SSSR count). The second-order valence-electron chi connectivity index (χ2n) is 21.0. The van der Waals surface area contributed by atoms with E-state index in [1.807, 2.05) is 32.2 Å². The number of nitrogens with zero attached hydrogens (tertiary/aromatic N) is 5. The summed E-state index contributed by atoms with van der Waals surface area (Å²) in [6.07, 6.45) is 13.5. The van der Waals surface area contributed by atoms with Crippen LogP contribution in [0.4, 0.5) is 21.5 Å². The molecule has 0 aliphatic carbocycles. The number of rotatable bonds is 25. The van der Waals surface area contributed by atoms with Crippen LogP contribution in [-0.2, 0) is 14.4 Å². The molecule has 0 saturated carbocycles. The molecule has 81 heavy (non-hydrogen) atoms. The molecule has 3 N–H and O–H groups in total. The van der Waals surface area contributed by atoms with E-state index in [1.54, 1.807) is 83.9 Å². The van der Waals surface area contributed by atoms with Gasteiger partial charge in [0, 0.05) is 92.6 Å². The lowest BCUT2D eigenvalue weighted by molar-refractivity contribution is -0.130. The molecule has 0 saturated heterocycles. The van der Waals surface area contributed by atoms with Gasteiger partial charge < -0.3 is 54.1 Å². The van der Waals surface area contributed by atoms with E-state index in [-0.39, 0.29) is 72.8 Å². The number of carbonyl (C=O) groups is 5. The quantitative estimate of drug-likeness (QED) is 0.0530. The number of aliphatic hydroxyl groups excluding tert-OH is 1. The highest BCUT2D eigenvalue weighted by atomic mass is 19.1. The molecule has 4 aromatic rings. The molecular formula is C62H68FN7O11. The topological polar surface area (TPSA) is 210 Å². The molecule has 4 aromatic carbocycles. The maximum atomic E-state index is 14.5. The second-order valence-corrected chi connectivity index (χ2v) is 21.0. The first-order chi connectivity index (χ1) is 39.0. The lowest BCUT2D eigenvalue weighted by Crippen LogP contribution is -2.41. The summed E-state index contributed by atoms with van der Waals surface area (Å²) in [6, 6.07) is 17.5. The number of methoxy groups -OCH3 is 3. The monoisotopic (exact) mass is 1110 g/mol. The van der Waals surface area contributed by atoms with Crippen LogP contribution in [0.1, 0.15) is 104 Å². The van der Waals surface area contributed by atoms with E-state index in [1.165, 1.54) is 44.4 Å². The summed E-state index contributed by atoms with van der Waals surface area (Å²) in [6.45, 7) is 10.7. The van der Waals surface area contributed by atoms with Crippen molar-refractivity contribution in [3.63, 3.8) is 0 Å². The molecule has 0 fully saturated rings. The van der Waals surface area contributed by atoms with Gasteiger partial charge in [-0.3, -0.25) is 34.0 Å². The van der Waals surface area contributed by atoms with E-state index in [9.17, 15) is 33.5 Å². The number of fused-ring (bicyclic) bond motifs is 4. The number of aliphatic hydroxyl groups is 1. The lowest BCUT2D eigenvalue weighted by Gasteiger charge is -2.25. The lowest BCUT2D eigenvalue weighted by atomic mass is 9.92. The molecule has 5 aliphatic rings. The number of hydrogen-bond donors (Lipinski definition) is 3. The van der Waals surface area contributed by atoms with Crippen molar-refractivity contribution in [1.29, 1.82) is 0 Å². The number of ketones is 1. The van der Waals surface area contributed by atoms with Crippen LogP contribution in [0.2, 0.25) is 0 Å². The van der Waals surface area contributed by atoms with Crippen molar-refractivity contribution in [3.05, 3.63) is 132 Å². The molecule has 0 spiro atoms. The van der Waals surface area contributed by atoms with Gasteiger partial charge in [0.25, 0.3) is 11.8 Å². The van der Waals surface area contributed by atoms with E-state index in [4.69, 9.17) is 28.7 Å². The average Bonchev–Trinajstić information content (AvgIpc) is 4.30. The van der Waals surface area contributed by atoms with Gasteiger partial charge in [0.2, 0.25) is 11.8 Å². The van der Waals surface area contributed by atoms with Gasteiger partial charge >= 0.3 is 0 Å². The predicted molar refractivity (Wildman–Crippen MR) is 306 cm³/mol. The maximum absolute atomic E-state index is 14.5. The van der Waals surface area contributed by atoms with Gasteiger partial charge in [0.05, 0.1) is 75.2 Å². The number of unbranched alkanes of at least 4 members (excludes halogenated alkanes) is 2. The van der Waals surface area contributed by atoms with Crippen molar-refractivity contribution in [2.24, 2.45) is 21.8 Å². The first kappa shape index (κ1) is 57.1. The van der Waals surface area contributed by atoms with Gasteiger partial charge in [-0.1, -0.05) is 52.0 Å². The number of allylic oxidation sites excluding steroid dienone is 1. The highest BCUT2D eigenvalue weighted by Gasteiger charge is 2.36. The molecule has 5 aliphatic heterocycles. The standard InChI is InChI=1S/C62H68FN7O11/c1-36(2)59(66-38(4)12-9-8-10-21-68-57(72)19-20-58(68)73)51(71)24-37(3)60(74)67-43-16-13-39(14-17-43)41-25-44-32-64-49-30-55(53(78-6)28-46(49)61(75)69(44)34-41)80-22-11-23-81-56-31-50-47(29-54(56)79-7)62(76)70-35-42(26-45(70)33-65-50)40-15-18-52(77-5)48(63)27-40/h13-20,27-37,44-45,57,59,66,72H,4,8-12,21-26H2,1-3,5-7H3,(H,67,74)/t37-,44+,45+,57?,59+/m1/s1. The Balaban J connectivity index is 0.741. The summed E-state index contributed by atoms with van der Waals surface area (Å²) in [4.78, 5) is 80.8. The zero-order valence-electron chi connectivity index (χ0n) is 46.4. The zero-order valence-corrected chi connectivity index (χ0v) is 46.4. The Morgan fingerprint density at radius 1 is 0.728 bits per heavy atom. The Labute approximate surface area is 470 Å². The number of nitrogens with one attached hydrogen (secondary N) is 2. The van der Waals surface area contributed by atoms with E-state index in [0.717, 1.165) is 41.7 Å². The average molecular weight is 1110 g/mol. The largest absolute Gasteiger partial charge is 0.494 e. The normalized spacial score (nSPS) is 18.5. The Morgan fingerprint density at radius 3 is 1.83 bits per heavy atom. The number of halogens is 1. The molecule has 5 atom stereocenters. The number of ether oxygens (including phenoxy) is 5. The molecule has 0 bridgehead atoms. The van der Waals surface area contributed by atoms with E-state index >= 15 is 0 Å². The fourth-order valence-corrected chi connectivity index (χ4v) is 10.4. The minimum Gasteiger partial charge on any atom is -0.494 e. The van der Waals surface area contributed by atoms with Gasteiger partial charge in [-0.25, -0.2) is 4.39 Å². The van der Waals surface area contributed by atoms with Crippen LogP contribution >= 0.6 is 0 Å². The Bertz CT molecular complexity index is 3260. The zero-order chi connectivity index (χ0) is 57.5. The van der Waals surface area contributed by atoms with Crippen molar-refractivity contribution in [2.75, 3.05) is 46.4 Å². The van der Waals surface area contributed by atoms with Gasteiger partial charge in [0.15, 0.2) is 40.3 Å². The first-order valence-electron chi connectivity index (χ1n) is 27.3. The second kappa shape index (κ2) is 25.3. The number of benzene rings is 4. The van der Waals surface area contributed by atoms with Crippen LogP contribution in [0, 0.1) is 17.7 Å².